The molecule has 2 heterocycles. The third-order valence-electron chi connectivity index (χ3n) is 2.83. The second-order valence-corrected chi connectivity index (χ2v) is 3.85. The van der Waals surface area contributed by atoms with Crippen LogP contribution in [0.4, 0.5) is 8.78 Å². The monoisotopic (exact) mass is 227 g/mol. The molecule has 88 valence electrons. The van der Waals surface area contributed by atoms with Gasteiger partial charge in [0, 0.05) is 38.6 Å². The van der Waals surface area contributed by atoms with Gasteiger partial charge in [0.05, 0.1) is 6.04 Å². The highest BCUT2D eigenvalue weighted by atomic mass is 19.3. The molecule has 1 fully saturated rings. The van der Waals surface area contributed by atoms with Gasteiger partial charge in [-0.05, 0) is 17.7 Å². The SMILES string of the molecule is FC(F)[C@H](c1ccncc1)N1CCNCC1. The van der Waals surface area contributed by atoms with Crippen LogP contribution in [0.5, 0.6) is 0 Å². The Bertz CT molecular complexity index is 312. The lowest BCUT2D eigenvalue weighted by Crippen LogP contribution is -2.46. The van der Waals surface area contributed by atoms with E-state index in [4.69, 9.17) is 0 Å². The molecular formula is C11H15F2N3. The lowest BCUT2D eigenvalue weighted by Gasteiger charge is -2.34. The van der Waals surface area contributed by atoms with Crippen molar-refractivity contribution >= 4 is 0 Å². The highest BCUT2D eigenvalue weighted by Crippen LogP contribution is 2.27. The van der Waals surface area contributed by atoms with Crippen molar-refractivity contribution in [1.29, 1.82) is 0 Å². The second-order valence-electron chi connectivity index (χ2n) is 3.85. The summed E-state index contributed by atoms with van der Waals surface area (Å²) < 4.78 is 26.2. The minimum atomic E-state index is -2.36. The van der Waals surface area contributed by atoms with Crippen molar-refractivity contribution < 1.29 is 8.78 Å². The molecule has 1 saturated heterocycles. The Hall–Kier alpha value is -1.07. The number of pyridine rings is 1. The molecule has 0 saturated carbocycles. The maximum absolute atomic E-state index is 13.1. The molecule has 1 aromatic heterocycles. The van der Waals surface area contributed by atoms with E-state index in [0.717, 1.165) is 13.1 Å². The number of nitrogens with one attached hydrogen (secondary N) is 1. The van der Waals surface area contributed by atoms with Crippen LogP contribution < -0.4 is 5.32 Å². The number of alkyl halides is 2. The van der Waals surface area contributed by atoms with Crippen molar-refractivity contribution in [3.63, 3.8) is 0 Å². The first-order valence-corrected chi connectivity index (χ1v) is 5.42. The van der Waals surface area contributed by atoms with Crippen LogP contribution >= 0.6 is 0 Å². The summed E-state index contributed by atoms with van der Waals surface area (Å²) in [5, 5.41) is 3.16. The van der Waals surface area contributed by atoms with Crippen LogP contribution in [0.1, 0.15) is 11.6 Å². The van der Waals surface area contributed by atoms with E-state index in [0.29, 0.717) is 18.7 Å². The highest BCUT2D eigenvalue weighted by Gasteiger charge is 2.29. The molecule has 0 aliphatic carbocycles. The van der Waals surface area contributed by atoms with E-state index < -0.39 is 12.5 Å². The summed E-state index contributed by atoms with van der Waals surface area (Å²) in [6, 6.07) is 2.53. The van der Waals surface area contributed by atoms with E-state index in [1.165, 1.54) is 0 Å². The zero-order chi connectivity index (χ0) is 11.4. The molecule has 1 aromatic rings. The van der Waals surface area contributed by atoms with E-state index in [1.807, 2.05) is 4.90 Å². The quantitative estimate of drug-likeness (QED) is 0.843. The van der Waals surface area contributed by atoms with E-state index >= 15 is 0 Å². The molecule has 1 atom stereocenters. The van der Waals surface area contributed by atoms with Gasteiger partial charge in [-0.2, -0.15) is 0 Å². The molecule has 1 aliphatic rings. The van der Waals surface area contributed by atoms with Gasteiger partial charge in [0.2, 0.25) is 0 Å². The van der Waals surface area contributed by atoms with Crippen LogP contribution in [-0.4, -0.2) is 42.5 Å². The van der Waals surface area contributed by atoms with E-state index in [9.17, 15) is 8.78 Å². The molecule has 1 aliphatic heterocycles. The molecule has 0 aromatic carbocycles. The number of rotatable bonds is 3. The standard InChI is InChI=1S/C11H15F2N3/c12-11(13)10(9-1-3-14-4-2-9)16-7-5-15-6-8-16/h1-4,10-11,15H,5-8H2/t10-/m0/s1. The maximum atomic E-state index is 13.1. The minimum Gasteiger partial charge on any atom is -0.314 e. The third kappa shape index (κ3) is 2.54. The average Bonchev–Trinajstić information content (AvgIpc) is 2.31. The Morgan fingerprint density at radius 2 is 1.81 bits per heavy atom. The first kappa shape index (κ1) is 11.4. The topological polar surface area (TPSA) is 28.2 Å². The van der Waals surface area contributed by atoms with Gasteiger partial charge >= 0.3 is 0 Å². The largest absolute Gasteiger partial charge is 0.314 e. The van der Waals surface area contributed by atoms with Gasteiger partial charge in [0.25, 0.3) is 6.43 Å². The Labute approximate surface area is 93.5 Å². The first-order chi connectivity index (χ1) is 7.79. The fourth-order valence-corrected chi connectivity index (χ4v) is 2.04. The molecule has 0 amide bonds. The van der Waals surface area contributed by atoms with Crippen LogP contribution in [0.2, 0.25) is 0 Å². The van der Waals surface area contributed by atoms with Gasteiger partial charge < -0.3 is 5.32 Å². The van der Waals surface area contributed by atoms with Crippen molar-refractivity contribution in [3.05, 3.63) is 30.1 Å². The smallest absolute Gasteiger partial charge is 0.258 e. The van der Waals surface area contributed by atoms with Crippen LogP contribution in [0.15, 0.2) is 24.5 Å². The normalized spacial score (nSPS) is 19.9. The van der Waals surface area contributed by atoms with Crippen molar-refractivity contribution in [3.8, 4) is 0 Å². The fourth-order valence-electron chi connectivity index (χ4n) is 2.04. The number of piperazine rings is 1. The Morgan fingerprint density at radius 1 is 1.19 bits per heavy atom. The Balaban J connectivity index is 2.16. The molecular weight excluding hydrogens is 212 g/mol. The summed E-state index contributed by atoms with van der Waals surface area (Å²) in [6.07, 6.45) is 0.764. The molecule has 2 rings (SSSR count). The highest BCUT2D eigenvalue weighted by molar-refractivity contribution is 5.16. The summed E-state index contributed by atoms with van der Waals surface area (Å²) in [5.41, 5.74) is 0.645. The molecule has 16 heavy (non-hydrogen) atoms. The molecule has 1 N–H and O–H groups in total. The first-order valence-electron chi connectivity index (χ1n) is 5.42. The summed E-state index contributed by atoms with van der Waals surface area (Å²) in [6.45, 7) is 2.87. The summed E-state index contributed by atoms with van der Waals surface area (Å²) in [4.78, 5) is 5.69. The van der Waals surface area contributed by atoms with Gasteiger partial charge in [0.15, 0.2) is 0 Å². The van der Waals surface area contributed by atoms with Crippen LogP contribution in [0.3, 0.4) is 0 Å². The molecule has 0 radical (unpaired) electrons. The molecule has 0 bridgehead atoms. The zero-order valence-corrected chi connectivity index (χ0v) is 8.94. The minimum absolute atomic E-state index is 0.645. The van der Waals surface area contributed by atoms with E-state index in [2.05, 4.69) is 10.3 Å². The number of aromatic nitrogens is 1. The summed E-state index contributed by atoms with van der Waals surface area (Å²) in [5.74, 6) is 0. The molecule has 0 spiro atoms. The molecule has 5 heteroatoms. The fraction of sp³-hybridized carbons (Fsp3) is 0.545. The number of halogens is 2. The van der Waals surface area contributed by atoms with E-state index in [-0.39, 0.29) is 0 Å². The maximum Gasteiger partial charge on any atom is 0.258 e. The van der Waals surface area contributed by atoms with Crippen molar-refractivity contribution in [2.24, 2.45) is 0 Å². The lowest BCUT2D eigenvalue weighted by atomic mass is 10.1. The predicted octanol–water partition coefficient (Wildman–Crippen LogP) is 1.29. The van der Waals surface area contributed by atoms with Crippen LogP contribution in [-0.2, 0) is 0 Å². The van der Waals surface area contributed by atoms with Crippen molar-refractivity contribution in [2.75, 3.05) is 26.2 Å². The predicted molar refractivity (Wildman–Crippen MR) is 57.4 cm³/mol. The number of hydrogen-bond donors (Lipinski definition) is 1. The van der Waals surface area contributed by atoms with Crippen molar-refractivity contribution in [1.82, 2.24) is 15.2 Å². The zero-order valence-electron chi connectivity index (χ0n) is 8.94. The van der Waals surface area contributed by atoms with Gasteiger partial charge in [-0.1, -0.05) is 0 Å². The van der Waals surface area contributed by atoms with Gasteiger partial charge in [-0.15, -0.1) is 0 Å². The third-order valence-corrected chi connectivity index (χ3v) is 2.83. The number of nitrogens with zero attached hydrogens (tertiary/aromatic N) is 2. The summed E-state index contributed by atoms with van der Waals surface area (Å²) in [7, 11) is 0. The average molecular weight is 227 g/mol. The summed E-state index contributed by atoms with van der Waals surface area (Å²) >= 11 is 0. The number of hydrogen-bond acceptors (Lipinski definition) is 3. The Morgan fingerprint density at radius 3 is 2.38 bits per heavy atom. The lowest BCUT2D eigenvalue weighted by molar-refractivity contribution is 0.0181. The Kier molecular flexibility index (Phi) is 3.79. The van der Waals surface area contributed by atoms with Gasteiger partial charge in [-0.25, -0.2) is 8.78 Å². The molecule has 0 unspecified atom stereocenters. The molecule has 3 nitrogen and oxygen atoms in total. The van der Waals surface area contributed by atoms with Crippen molar-refractivity contribution in [2.45, 2.75) is 12.5 Å². The van der Waals surface area contributed by atoms with E-state index in [1.54, 1.807) is 24.5 Å². The van der Waals surface area contributed by atoms with Crippen LogP contribution in [0, 0.1) is 0 Å². The van der Waals surface area contributed by atoms with Crippen LogP contribution in [0.25, 0.3) is 0 Å². The van der Waals surface area contributed by atoms with Gasteiger partial charge in [0.1, 0.15) is 0 Å². The second kappa shape index (κ2) is 5.32. The van der Waals surface area contributed by atoms with Gasteiger partial charge in [-0.3, -0.25) is 9.88 Å².